The van der Waals surface area contributed by atoms with Gasteiger partial charge in [0.05, 0.1) is 30.2 Å². The van der Waals surface area contributed by atoms with Gasteiger partial charge in [-0.2, -0.15) is 15.8 Å². The number of rotatable bonds is 2. The molecular weight excluding hydrogens is 388 g/mol. The molecule has 1 aliphatic carbocycles. The molecule has 0 saturated carbocycles. The highest BCUT2D eigenvalue weighted by atomic mass is 35.5. The van der Waals surface area contributed by atoms with E-state index in [1.807, 2.05) is 6.08 Å². The van der Waals surface area contributed by atoms with E-state index >= 15 is 0 Å². The van der Waals surface area contributed by atoms with Crippen molar-refractivity contribution in [3.8, 4) is 18.2 Å². The third-order valence-electron chi connectivity index (χ3n) is 6.68. The molecule has 0 spiro atoms. The molecule has 1 N–H and O–H groups in total. The molecule has 0 radical (unpaired) electrons. The van der Waals surface area contributed by atoms with E-state index in [-0.39, 0.29) is 5.92 Å². The van der Waals surface area contributed by atoms with Crippen molar-refractivity contribution in [1.29, 1.82) is 21.2 Å². The second-order valence-electron chi connectivity index (χ2n) is 7.87. The number of halogens is 1. The molecule has 6 nitrogen and oxygen atoms in total. The van der Waals surface area contributed by atoms with E-state index in [0.717, 1.165) is 12.8 Å². The summed E-state index contributed by atoms with van der Waals surface area (Å²) in [4.78, 5) is 0. The first kappa shape index (κ1) is 19.5. The van der Waals surface area contributed by atoms with Crippen LogP contribution in [0.25, 0.3) is 0 Å². The number of nitrogens with one attached hydrogen (secondary N) is 1. The maximum atomic E-state index is 10.3. The number of nitrogens with zero attached hydrogens (tertiary/aromatic N) is 3. The van der Waals surface area contributed by atoms with Gasteiger partial charge in [0.2, 0.25) is 11.7 Å². The zero-order valence-electron chi connectivity index (χ0n) is 15.9. The lowest BCUT2D eigenvalue weighted by molar-refractivity contribution is -0.296. The molecule has 29 heavy (non-hydrogen) atoms. The molecule has 7 heteroatoms. The van der Waals surface area contributed by atoms with E-state index in [2.05, 4.69) is 24.3 Å². The molecule has 2 bridgehead atoms. The second-order valence-corrected chi connectivity index (χ2v) is 8.30. The van der Waals surface area contributed by atoms with E-state index in [1.54, 1.807) is 31.2 Å². The summed E-state index contributed by atoms with van der Waals surface area (Å²) in [7, 11) is 0. The van der Waals surface area contributed by atoms with Gasteiger partial charge in [0, 0.05) is 10.6 Å². The number of benzene rings is 1. The number of fused-ring (bicyclic) bond motifs is 2. The molecule has 1 aromatic rings. The molecule has 5 unspecified atom stereocenters. The van der Waals surface area contributed by atoms with E-state index in [1.165, 1.54) is 0 Å². The zero-order valence-corrected chi connectivity index (χ0v) is 16.6. The molecule has 0 amide bonds. The van der Waals surface area contributed by atoms with E-state index in [0.29, 0.717) is 17.0 Å². The molecule has 1 aromatic carbocycles. The van der Waals surface area contributed by atoms with Crippen molar-refractivity contribution < 1.29 is 9.47 Å². The minimum atomic E-state index is -1.85. The van der Waals surface area contributed by atoms with Gasteiger partial charge in [0.1, 0.15) is 0 Å². The highest BCUT2D eigenvalue weighted by molar-refractivity contribution is 6.30. The van der Waals surface area contributed by atoms with Crippen molar-refractivity contribution in [1.82, 2.24) is 0 Å². The molecule has 2 aliphatic heterocycles. The van der Waals surface area contributed by atoms with E-state index in [4.69, 9.17) is 26.5 Å². The Labute approximate surface area is 174 Å². The molecule has 2 saturated heterocycles. The molecule has 2 heterocycles. The Morgan fingerprint density at radius 1 is 1.17 bits per heavy atom. The number of allylic oxidation sites excluding steroid dienone is 2. The van der Waals surface area contributed by atoms with Crippen LogP contribution in [-0.2, 0) is 15.3 Å². The van der Waals surface area contributed by atoms with Crippen LogP contribution in [0, 0.1) is 62.1 Å². The summed E-state index contributed by atoms with van der Waals surface area (Å²) in [5, 5.41) is 39.7. The number of hydrogen-bond donors (Lipinski definition) is 1. The van der Waals surface area contributed by atoms with Crippen LogP contribution in [-0.4, -0.2) is 12.0 Å². The van der Waals surface area contributed by atoms with Gasteiger partial charge < -0.3 is 9.47 Å². The fraction of sp³-hybridized carbons (Fsp3) is 0.455. The van der Waals surface area contributed by atoms with Gasteiger partial charge in [-0.15, -0.1) is 0 Å². The largest absolute Gasteiger partial charge is 0.443 e. The Morgan fingerprint density at radius 2 is 1.93 bits per heavy atom. The summed E-state index contributed by atoms with van der Waals surface area (Å²) < 4.78 is 12.5. The predicted molar refractivity (Wildman–Crippen MR) is 104 cm³/mol. The average molecular weight is 407 g/mol. The van der Waals surface area contributed by atoms with Crippen LogP contribution in [0.1, 0.15) is 31.7 Å². The van der Waals surface area contributed by atoms with Gasteiger partial charge in [0.25, 0.3) is 0 Å². The lowest BCUT2D eigenvalue weighted by atomic mass is 9.52. The first-order valence-corrected chi connectivity index (χ1v) is 9.90. The molecule has 3 aliphatic rings. The summed E-state index contributed by atoms with van der Waals surface area (Å²) in [6.45, 7) is 1.70. The number of ether oxygens (including phenoxy) is 2. The molecular formula is C22H19ClN4O2. The van der Waals surface area contributed by atoms with Crippen LogP contribution in [0.15, 0.2) is 36.4 Å². The SMILES string of the molecule is CC1C2(c3cccc(Cl)c3)OC(=N)C1(C#N)C(C#N)(C#N)C(C1CC=CCC1)O2. The Balaban J connectivity index is 1.98. The van der Waals surface area contributed by atoms with Crippen LogP contribution in [0.5, 0.6) is 0 Å². The third kappa shape index (κ3) is 2.26. The van der Waals surface area contributed by atoms with Gasteiger partial charge in [0.15, 0.2) is 10.8 Å². The fourth-order valence-corrected chi connectivity index (χ4v) is 5.33. The van der Waals surface area contributed by atoms with Gasteiger partial charge >= 0.3 is 0 Å². The highest BCUT2D eigenvalue weighted by Gasteiger charge is 2.80. The fourth-order valence-electron chi connectivity index (χ4n) is 5.14. The quantitative estimate of drug-likeness (QED) is 0.729. The van der Waals surface area contributed by atoms with Crippen LogP contribution < -0.4 is 0 Å². The molecule has 4 rings (SSSR count). The maximum Gasteiger partial charge on any atom is 0.243 e. The van der Waals surface area contributed by atoms with Gasteiger partial charge in [-0.05, 0) is 37.3 Å². The maximum absolute atomic E-state index is 10.3. The van der Waals surface area contributed by atoms with Crippen molar-refractivity contribution in [2.45, 2.75) is 38.1 Å². The van der Waals surface area contributed by atoms with Crippen LogP contribution in [0.2, 0.25) is 5.02 Å². The van der Waals surface area contributed by atoms with Crippen LogP contribution >= 0.6 is 11.6 Å². The topological polar surface area (TPSA) is 114 Å². The van der Waals surface area contributed by atoms with E-state index < -0.39 is 34.5 Å². The lowest BCUT2D eigenvalue weighted by Gasteiger charge is -2.51. The monoisotopic (exact) mass is 406 g/mol. The van der Waals surface area contributed by atoms with Crippen molar-refractivity contribution in [3.63, 3.8) is 0 Å². The van der Waals surface area contributed by atoms with Gasteiger partial charge in [-0.25, -0.2) is 0 Å². The standard InChI is InChI=1S/C22H19ClN4O2/c1-14-21(13-26)19(27)29-22(14,16-8-5-9-17(23)10-16)28-18(20(21,11-24)12-25)15-6-3-2-4-7-15/h2-3,5,8-10,14-15,18,27H,4,6-7H2,1H3. The van der Waals surface area contributed by atoms with Gasteiger partial charge in [-0.3, -0.25) is 5.41 Å². The Bertz CT molecular complexity index is 1020. The van der Waals surface area contributed by atoms with E-state index in [9.17, 15) is 15.8 Å². The molecule has 5 atom stereocenters. The smallest absolute Gasteiger partial charge is 0.243 e. The lowest BCUT2D eigenvalue weighted by Crippen LogP contribution is -2.62. The minimum Gasteiger partial charge on any atom is -0.443 e. The van der Waals surface area contributed by atoms with Crippen LogP contribution in [0.3, 0.4) is 0 Å². The highest BCUT2D eigenvalue weighted by Crippen LogP contribution is 2.67. The predicted octanol–water partition coefficient (Wildman–Crippen LogP) is 4.44. The zero-order chi connectivity index (χ0) is 20.9. The Morgan fingerprint density at radius 3 is 2.52 bits per heavy atom. The van der Waals surface area contributed by atoms with Crippen molar-refractivity contribution in [3.05, 3.63) is 47.0 Å². The average Bonchev–Trinajstić information content (AvgIpc) is 2.91. The summed E-state index contributed by atoms with van der Waals surface area (Å²) in [5.41, 5.74) is -3.03. The van der Waals surface area contributed by atoms with Crippen LogP contribution in [0.4, 0.5) is 0 Å². The summed E-state index contributed by atoms with van der Waals surface area (Å²) in [5.74, 6) is -2.77. The van der Waals surface area contributed by atoms with Crippen molar-refractivity contribution in [2.24, 2.45) is 22.7 Å². The molecule has 2 fully saturated rings. The second kappa shape index (κ2) is 6.60. The summed E-state index contributed by atoms with van der Waals surface area (Å²) in [6, 6.07) is 13.3. The first-order valence-electron chi connectivity index (χ1n) is 9.52. The van der Waals surface area contributed by atoms with Gasteiger partial charge in [-0.1, -0.05) is 42.8 Å². The first-order chi connectivity index (χ1) is 13.9. The Hall–Kier alpha value is -2.85. The third-order valence-corrected chi connectivity index (χ3v) is 6.91. The van der Waals surface area contributed by atoms with Crippen molar-refractivity contribution >= 4 is 17.5 Å². The Kier molecular flexibility index (Phi) is 4.43. The minimum absolute atomic E-state index is 0.146. The normalized spacial score (nSPS) is 37.1. The number of hydrogen-bond acceptors (Lipinski definition) is 6. The summed E-state index contributed by atoms with van der Waals surface area (Å²) >= 11 is 6.20. The number of nitriles is 3. The van der Waals surface area contributed by atoms with Crippen molar-refractivity contribution in [2.75, 3.05) is 0 Å². The molecule has 146 valence electrons. The molecule has 0 aromatic heterocycles. The summed E-state index contributed by atoms with van der Waals surface area (Å²) in [6.07, 6.45) is 5.33.